The third-order valence-corrected chi connectivity index (χ3v) is 1.55. The molecule has 0 saturated carbocycles. The van der Waals surface area contributed by atoms with Gasteiger partial charge in [0.25, 0.3) is 0 Å². The molecule has 3 heteroatoms. The summed E-state index contributed by atoms with van der Waals surface area (Å²) < 4.78 is 0. The van der Waals surface area contributed by atoms with Gasteiger partial charge in [-0.3, -0.25) is 0 Å². The molecule has 0 aliphatic rings. The van der Waals surface area contributed by atoms with Gasteiger partial charge in [-0.05, 0) is 21.0 Å². The highest BCUT2D eigenvalue weighted by atomic mass is 16.4. The molecule has 0 spiro atoms. The third-order valence-electron chi connectivity index (χ3n) is 1.55. The molecule has 58 valence electrons. The van der Waals surface area contributed by atoms with E-state index in [1.165, 1.54) is 0 Å². The fourth-order valence-electron chi connectivity index (χ4n) is 0.490. The van der Waals surface area contributed by atoms with Crippen molar-refractivity contribution in [1.29, 1.82) is 0 Å². The molecule has 0 aromatic carbocycles. The zero-order valence-corrected chi connectivity index (χ0v) is 6.59. The van der Waals surface area contributed by atoms with Crippen LogP contribution >= 0.6 is 0 Å². The SMILES string of the molecule is C=C(C(=O)O)C(C)N(C)C. The second-order valence-corrected chi connectivity index (χ2v) is 2.47. The average molecular weight is 143 g/mol. The maximum atomic E-state index is 10.3. The number of hydrogen-bond donors (Lipinski definition) is 1. The van der Waals surface area contributed by atoms with Crippen LogP contribution in [0.5, 0.6) is 0 Å². The smallest absolute Gasteiger partial charge is 0.332 e. The van der Waals surface area contributed by atoms with Crippen molar-refractivity contribution in [3.05, 3.63) is 12.2 Å². The number of carboxylic acid groups (broad SMARTS) is 1. The first-order valence-electron chi connectivity index (χ1n) is 3.05. The molecule has 1 atom stereocenters. The van der Waals surface area contributed by atoms with Gasteiger partial charge in [0.05, 0.1) is 0 Å². The molecule has 1 unspecified atom stereocenters. The van der Waals surface area contributed by atoms with Crippen molar-refractivity contribution < 1.29 is 9.90 Å². The van der Waals surface area contributed by atoms with Crippen LogP contribution in [0.15, 0.2) is 12.2 Å². The van der Waals surface area contributed by atoms with Gasteiger partial charge in [0, 0.05) is 11.6 Å². The molecule has 0 rings (SSSR count). The zero-order chi connectivity index (χ0) is 8.31. The molecule has 0 aromatic heterocycles. The van der Waals surface area contributed by atoms with Gasteiger partial charge in [0.1, 0.15) is 0 Å². The van der Waals surface area contributed by atoms with Crippen LogP contribution in [0.2, 0.25) is 0 Å². The largest absolute Gasteiger partial charge is 0.478 e. The minimum absolute atomic E-state index is 0.0995. The van der Waals surface area contributed by atoms with Gasteiger partial charge >= 0.3 is 5.97 Å². The summed E-state index contributed by atoms with van der Waals surface area (Å²) >= 11 is 0. The lowest BCUT2D eigenvalue weighted by molar-refractivity contribution is -0.133. The van der Waals surface area contributed by atoms with E-state index < -0.39 is 5.97 Å². The van der Waals surface area contributed by atoms with Crippen LogP contribution in [-0.2, 0) is 4.79 Å². The molecule has 0 aliphatic carbocycles. The summed E-state index contributed by atoms with van der Waals surface area (Å²) in [5.74, 6) is -0.929. The van der Waals surface area contributed by atoms with Crippen molar-refractivity contribution in [2.24, 2.45) is 0 Å². The Morgan fingerprint density at radius 1 is 1.60 bits per heavy atom. The van der Waals surface area contributed by atoms with Crippen molar-refractivity contribution in [3.63, 3.8) is 0 Å². The van der Waals surface area contributed by atoms with Crippen molar-refractivity contribution >= 4 is 5.97 Å². The average Bonchev–Trinajstić information content (AvgIpc) is 1.84. The Morgan fingerprint density at radius 2 is 2.00 bits per heavy atom. The molecule has 0 radical (unpaired) electrons. The summed E-state index contributed by atoms with van der Waals surface area (Å²) in [5.41, 5.74) is 0.227. The quantitative estimate of drug-likeness (QED) is 0.587. The molecule has 0 aliphatic heterocycles. The van der Waals surface area contributed by atoms with Crippen LogP contribution in [-0.4, -0.2) is 36.1 Å². The summed E-state index contributed by atoms with van der Waals surface area (Å²) in [5, 5.41) is 8.48. The van der Waals surface area contributed by atoms with Gasteiger partial charge in [0.15, 0.2) is 0 Å². The van der Waals surface area contributed by atoms with Crippen molar-refractivity contribution in [2.45, 2.75) is 13.0 Å². The van der Waals surface area contributed by atoms with E-state index in [2.05, 4.69) is 6.58 Å². The van der Waals surface area contributed by atoms with Gasteiger partial charge in [-0.25, -0.2) is 4.79 Å². The van der Waals surface area contributed by atoms with E-state index >= 15 is 0 Å². The lowest BCUT2D eigenvalue weighted by Crippen LogP contribution is -2.29. The molecule has 0 aromatic rings. The molecule has 0 saturated heterocycles. The summed E-state index contributed by atoms with van der Waals surface area (Å²) in [6.07, 6.45) is 0. The molecular formula is C7H13NO2. The summed E-state index contributed by atoms with van der Waals surface area (Å²) in [7, 11) is 3.64. The first-order chi connectivity index (χ1) is 4.46. The summed E-state index contributed by atoms with van der Waals surface area (Å²) in [4.78, 5) is 12.1. The lowest BCUT2D eigenvalue weighted by Gasteiger charge is -2.18. The maximum Gasteiger partial charge on any atom is 0.332 e. The van der Waals surface area contributed by atoms with Crippen LogP contribution in [0.1, 0.15) is 6.92 Å². The van der Waals surface area contributed by atoms with Gasteiger partial charge in [-0.15, -0.1) is 0 Å². The predicted molar refractivity (Wildman–Crippen MR) is 39.9 cm³/mol. The molecule has 0 fully saturated rings. The topological polar surface area (TPSA) is 40.5 Å². The number of nitrogens with zero attached hydrogens (tertiary/aromatic N) is 1. The monoisotopic (exact) mass is 143 g/mol. The second-order valence-electron chi connectivity index (χ2n) is 2.47. The van der Waals surface area contributed by atoms with E-state index in [0.29, 0.717) is 0 Å². The van der Waals surface area contributed by atoms with Crippen molar-refractivity contribution in [3.8, 4) is 0 Å². The third kappa shape index (κ3) is 2.19. The Kier molecular flexibility index (Phi) is 3.09. The Labute approximate surface area is 61.0 Å². The van der Waals surface area contributed by atoms with Gasteiger partial charge in [-0.2, -0.15) is 0 Å². The number of aliphatic carboxylic acids is 1. The highest BCUT2D eigenvalue weighted by Gasteiger charge is 2.14. The van der Waals surface area contributed by atoms with Gasteiger partial charge in [0.2, 0.25) is 0 Å². The van der Waals surface area contributed by atoms with Crippen LogP contribution in [0.3, 0.4) is 0 Å². The van der Waals surface area contributed by atoms with Crippen LogP contribution < -0.4 is 0 Å². The van der Waals surface area contributed by atoms with Crippen molar-refractivity contribution in [2.75, 3.05) is 14.1 Å². The molecule has 0 amide bonds. The second kappa shape index (κ2) is 3.37. The number of carboxylic acids is 1. The van der Waals surface area contributed by atoms with E-state index in [1.54, 1.807) is 11.8 Å². The lowest BCUT2D eigenvalue weighted by atomic mass is 10.1. The van der Waals surface area contributed by atoms with Crippen molar-refractivity contribution in [1.82, 2.24) is 4.90 Å². The Balaban J connectivity index is 4.08. The normalized spacial score (nSPS) is 13.2. The zero-order valence-electron chi connectivity index (χ0n) is 6.59. The fourth-order valence-corrected chi connectivity index (χ4v) is 0.490. The Bertz CT molecular complexity index is 152. The molecule has 10 heavy (non-hydrogen) atoms. The van der Waals surface area contributed by atoms with Crippen LogP contribution in [0.4, 0.5) is 0 Å². The van der Waals surface area contributed by atoms with E-state index in [9.17, 15) is 4.79 Å². The van der Waals surface area contributed by atoms with E-state index in [0.717, 1.165) is 0 Å². The fraction of sp³-hybridized carbons (Fsp3) is 0.571. The Morgan fingerprint density at radius 3 is 2.10 bits per heavy atom. The molecule has 0 heterocycles. The predicted octanol–water partition coefficient (Wildman–Crippen LogP) is 0.577. The number of likely N-dealkylation sites (N-methyl/N-ethyl adjacent to an activating group) is 1. The van der Waals surface area contributed by atoms with E-state index in [1.807, 2.05) is 14.1 Å². The molecule has 3 nitrogen and oxygen atoms in total. The minimum Gasteiger partial charge on any atom is -0.478 e. The highest BCUT2D eigenvalue weighted by Crippen LogP contribution is 2.03. The van der Waals surface area contributed by atoms with Crippen LogP contribution in [0.25, 0.3) is 0 Å². The van der Waals surface area contributed by atoms with Gasteiger partial charge < -0.3 is 10.0 Å². The van der Waals surface area contributed by atoms with E-state index in [4.69, 9.17) is 5.11 Å². The summed E-state index contributed by atoms with van der Waals surface area (Å²) in [6.45, 7) is 5.24. The molecule has 0 bridgehead atoms. The first-order valence-corrected chi connectivity index (χ1v) is 3.05. The van der Waals surface area contributed by atoms with Gasteiger partial charge in [-0.1, -0.05) is 6.58 Å². The maximum absolute atomic E-state index is 10.3. The standard InChI is InChI=1S/C7H13NO2/c1-5(7(9)10)6(2)8(3)4/h6H,1H2,2-4H3,(H,9,10). The number of carbonyl (C=O) groups is 1. The molecule has 1 N–H and O–H groups in total. The number of rotatable bonds is 3. The Hall–Kier alpha value is -0.830. The van der Waals surface area contributed by atoms with E-state index in [-0.39, 0.29) is 11.6 Å². The first kappa shape index (κ1) is 9.17. The molecular weight excluding hydrogens is 130 g/mol. The summed E-state index contributed by atoms with van der Waals surface area (Å²) in [6, 6.07) is -0.0995. The minimum atomic E-state index is -0.929. The number of hydrogen-bond acceptors (Lipinski definition) is 2. The van der Waals surface area contributed by atoms with Crippen LogP contribution in [0, 0.1) is 0 Å². The highest BCUT2D eigenvalue weighted by molar-refractivity contribution is 5.87.